The van der Waals surface area contributed by atoms with Crippen molar-refractivity contribution in [1.82, 2.24) is 5.32 Å². The number of carbonyl (C=O) groups excluding carboxylic acids is 1. The molecule has 0 spiro atoms. The lowest BCUT2D eigenvalue weighted by atomic mass is 9.94. The van der Waals surface area contributed by atoms with Crippen LogP contribution in [0.2, 0.25) is 0 Å². The summed E-state index contributed by atoms with van der Waals surface area (Å²) in [6, 6.07) is 6.61. The fraction of sp³-hybridized carbons (Fsp3) is 0.500. The van der Waals surface area contributed by atoms with Gasteiger partial charge in [-0.25, -0.2) is 0 Å². The van der Waals surface area contributed by atoms with E-state index in [-0.39, 0.29) is 11.9 Å². The smallest absolute Gasteiger partial charge is 0.224 e. The maximum Gasteiger partial charge on any atom is 0.224 e. The molecule has 1 aromatic carbocycles. The minimum Gasteiger partial charge on any atom is -0.326 e. The predicted octanol–water partition coefficient (Wildman–Crippen LogP) is 1.32. The van der Waals surface area contributed by atoms with Crippen molar-refractivity contribution in [3.8, 4) is 0 Å². The molecule has 0 aliphatic carbocycles. The topological polar surface area (TPSA) is 67.2 Å². The van der Waals surface area contributed by atoms with E-state index in [1.54, 1.807) is 0 Å². The van der Waals surface area contributed by atoms with E-state index in [2.05, 4.69) is 16.7 Å². The van der Waals surface area contributed by atoms with Gasteiger partial charge in [-0.05, 0) is 43.0 Å². The number of rotatable bonds is 2. The second-order valence-electron chi connectivity index (χ2n) is 5.19. The van der Waals surface area contributed by atoms with Gasteiger partial charge in [0.05, 0.1) is 0 Å². The van der Waals surface area contributed by atoms with Crippen molar-refractivity contribution in [2.75, 3.05) is 11.9 Å². The monoisotopic (exact) mass is 245 g/mol. The summed E-state index contributed by atoms with van der Waals surface area (Å²) in [5.41, 5.74) is 9.64. The number of carbonyl (C=O) groups is 1. The summed E-state index contributed by atoms with van der Waals surface area (Å²) in [4.78, 5) is 11.3. The Morgan fingerprint density at radius 3 is 3.00 bits per heavy atom. The quantitative estimate of drug-likeness (QED) is 0.736. The van der Waals surface area contributed by atoms with Crippen molar-refractivity contribution in [2.24, 2.45) is 5.73 Å². The highest BCUT2D eigenvalue weighted by Gasteiger charge is 2.24. The maximum atomic E-state index is 11.3. The number of aryl methyl sites for hydroxylation is 1. The van der Waals surface area contributed by atoms with Crippen LogP contribution in [-0.4, -0.2) is 18.5 Å². The van der Waals surface area contributed by atoms with Crippen molar-refractivity contribution < 1.29 is 4.79 Å². The van der Waals surface area contributed by atoms with Crippen LogP contribution >= 0.6 is 0 Å². The Labute approximate surface area is 107 Å². The lowest BCUT2D eigenvalue weighted by Gasteiger charge is -2.23. The van der Waals surface area contributed by atoms with Crippen molar-refractivity contribution in [3.63, 3.8) is 0 Å². The molecule has 4 nitrogen and oxygen atoms in total. The second-order valence-corrected chi connectivity index (χ2v) is 5.19. The number of nitrogens with one attached hydrogen (secondary N) is 2. The lowest BCUT2D eigenvalue weighted by molar-refractivity contribution is -0.116. The molecular weight excluding hydrogens is 226 g/mol. The molecule has 4 heteroatoms. The Morgan fingerprint density at radius 2 is 2.22 bits per heavy atom. The highest BCUT2D eigenvalue weighted by molar-refractivity contribution is 5.93. The third-order valence-corrected chi connectivity index (χ3v) is 3.94. The van der Waals surface area contributed by atoms with Crippen molar-refractivity contribution in [3.05, 3.63) is 29.3 Å². The van der Waals surface area contributed by atoms with Gasteiger partial charge < -0.3 is 16.4 Å². The lowest BCUT2D eigenvalue weighted by Crippen LogP contribution is -2.34. The van der Waals surface area contributed by atoms with E-state index < -0.39 is 0 Å². The predicted molar refractivity (Wildman–Crippen MR) is 71.3 cm³/mol. The molecule has 2 atom stereocenters. The molecule has 0 radical (unpaired) electrons. The average molecular weight is 245 g/mol. The molecule has 2 aliphatic heterocycles. The van der Waals surface area contributed by atoms with Crippen LogP contribution in [0.3, 0.4) is 0 Å². The number of nitrogens with two attached hydrogens (primary N) is 1. The SMILES string of the molecule is NC(c1ccc2c(c1)CCC(=O)N2)C1CCCN1. The Balaban J connectivity index is 1.83. The summed E-state index contributed by atoms with van der Waals surface area (Å²) >= 11 is 0. The molecule has 1 aromatic rings. The summed E-state index contributed by atoms with van der Waals surface area (Å²) in [7, 11) is 0. The van der Waals surface area contributed by atoms with Crippen LogP contribution in [0, 0.1) is 0 Å². The highest BCUT2D eigenvalue weighted by atomic mass is 16.1. The van der Waals surface area contributed by atoms with Crippen LogP contribution in [0.1, 0.15) is 36.4 Å². The standard InChI is InChI=1S/C14H19N3O/c15-14(12-2-1-7-16-12)10-3-5-11-9(8-10)4-6-13(18)17-11/h3,5,8,12,14,16H,1-2,4,6-7,15H2,(H,17,18). The molecule has 2 unspecified atom stereocenters. The fourth-order valence-electron chi connectivity index (χ4n) is 2.86. The zero-order valence-electron chi connectivity index (χ0n) is 10.4. The summed E-state index contributed by atoms with van der Waals surface area (Å²) in [5.74, 6) is 0.108. The summed E-state index contributed by atoms with van der Waals surface area (Å²) < 4.78 is 0. The van der Waals surface area contributed by atoms with Gasteiger partial charge in [0, 0.05) is 24.2 Å². The van der Waals surface area contributed by atoms with Gasteiger partial charge in [-0.15, -0.1) is 0 Å². The third-order valence-electron chi connectivity index (χ3n) is 3.94. The Hall–Kier alpha value is -1.39. The third kappa shape index (κ3) is 2.13. The molecule has 3 rings (SSSR count). The van der Waals surface area contributed by atoms with E-state index in [1.807, 2.05) is 12.1 Å². The normalized spacial score (nSPS) is 24.5. The van der Waals surface area contributed by atoms with E-state index in [1.165, 1.54) is 17.5 Å². The number of amides is 1. The first-order valence-corrected chi connectivity index (χ1v) is 6.66. The van der Waals surface area contributed by atoms with E-state index in [0.717, 1.165) is 25.1 Å². The molecule has 0 aromatic heterocycles. The summed E-state index contributed by atoms with van der Waals surface area (Å²) in [6.07, 6.45) is 3.75. The van der Waals surface area contributed by atoms with Gasteiger partial charge in [-0.3, -0.25) is 4.79 Å². The van der Waals surface area contributed by atoms with Crippen LogP contribution < -0.4 is 16.4 Å². The van der Waals surface area contributed by atoms with Crippen LogP contribution in [0.4, 0.5) is 5.69 Å². The molecule has 2 heterocycles. The van der Waals surface area contributed by atoms with Crippen LogP contribution in [0.5, 0.6) is 0 Å². The van der Waals surface area contributed by atoms with E-state index in [0.29, 0.717) is 12.5 Å². The summed E-state index contributed by atoms with van der Waals surface area (Å²) in [5, 5.41) is 6.35. The number of benzene rings is 1. The number of anilines is 1. The largest absolute Gasteiger partial charge is 0.326 e. The van der Waals surface area contributed by atoms with Gasteiger partial charge >= 0.3 is 0 Å². The molecule has 18 heavy (non-hydrogen) atoms. The fourth-order valence-corrected chi connectivity index (χ4v) is 2.86. The van der Waals surface area contributed by atoms with Gasteiger partial charge in [0.15, 0.2) is 0 Å². The van der Waals surface area contributed by atoms with Crippen molar-refractivity contribution >= 4 is 11.6 Å². The van der Waals surface area contributed by atoms with Gasteiger partial charge in [0.25, 0.3) is 0 Å². The molecule has 96 valence electrons. The molecule has 0 bridgehead atoms. The van der Waals surface area contributed by atoms with Gasteiger partial charge in [-0.1, -0.05) is 12.1 Å². The van der Waals surface area contributed by atoms with E-state index in [9.17, 15) is 4.79 Å². The Morgan fingerprint density at radius 1 is 1.33 bits per heavy atom. The molecular formula is C14H19N3O. The van der Waals surface area contributed by atoms with Crippen molar-refractivity contribution in [1.29, 1.82) is 0 Å². The van der Waals surface area contributed by atoms with E-state index >= 15 is 0 Å². The van der Waals surface area contributed by atoms with Gasteiger partial charge in [0.2, 0.25) is 5.91 Å². The number of fused-ring (bicyclic) bond motifs is 1. The molecule has 1 amide bonds. The van der Waals surface area contributed by atoms with Gasteiger partial charge in [0.1, 0.15) is 0 Å². The van der Waals surface area contributed by atoms with Crippen molar-refractivity contribution in [2.45, 2.75) is 37.8 Å². The number of hydrogen-bond acceptors (Lipinski definition) is 3. The average Bonchev–Trinajstić information content (AvgIpc) is 2.91. The second kappa shape index (κ2) is 4.71. The summed E-state index contributed by atoms with van der Waals surface area (Å²) in [6.45, 7) is 1.07. The first kappa shape index (κ1) is 11.7. The first-order valence-electron chi connectivity index (χ1n) is 6.66. The van der Waals surface area contributed by atoms with Gasteiger partial charge in [-0.2, -0.15) is 0 Å². The van der Waals surface area contributed by atoms with Crippen LogP contribution in [-0.2, 0) is 11.2 Å². The van der Waals surface area contributed by atoms with Crippen LogP contribution in [0.25, 0.3) is 0 Å². The molecule has 0 saturated carbocycles. The Kier molecular flexibility index (Phi) is 3.06. The number of hydrogen-bond donors (Lipinski definition) is 3. The molecule has 1 saturated heterocycles. The zero-order chi connectivity index (χ0) is 12.5. The van der Waals surface area contributed by atoms with Crippen LogP contribution in [0.15, 0.2) is 18.2 Å². The molecule has 2 aliphatic rings. The highest BCUT2D eigenvalue weighted by Crippen LogP contribution is 2.28. The maximum absolute atomic E-state index is 11.3. The first-order chi connectivity index (χ1) is 8.74. The molecule has 4 N–H and O–H groups in total. The minimum absolute atomic E-state index is 0.0513. The minimum atomic E-state index is 0.0513. The van der Waals surface area contributed by atoms with E-state index in [4.69, 9.17) is 5.73 Å². The molecule has 1 fully saturated rings. The Bertz CT molecular complexity index is 466. The zero-order valence-corrected chi connectivity index (χ0v) is 10.4.